The number of aromatic amines is 1. The lowest BCUT2D eigenvalue weighted by Crippen LogP contribution is -2.37. The van der Waals surface area contributed by atoms with Gasteiger partial charge in [0.1, 0.15) is 17.3 Å². The van der Waals surface area contributed by atoms with Crippen LogP contribution < -0.4 is 27.6 Å². The van der Waals surface area contributed by atoms with Crippen LogP contribution in [0.5, 0.6) is 0 Å². The molecule has 0 saturated carbocycles. The van der Waals surface area contributed by atoms with Gasteiger partial charge in [-0.3, -0.25) is 14.3 Å². The van der Waals surface area contributed by atoms with Gasteiger partial charge in [0.05, 0.1) is 18.6 Å². The molecular weight excluding hydrogens is 382 g/mol. The number of nitrogens with zero attached hydrogens (tertiary/aromatic N) is 4. The number of nitrogen functional groups attached to an aromatic ring is 2. The van der Waals surface area contributed by atoms with Gasteiger partial charge in [0.2, 0.25) is 0 Å². The number of hydrogen-bond acceptors (Lipinski definition) is 7. The second kappa shape index (κ2) is 7.70. The molecule has 9 nitrogen and oxygen atoms in total. The van der Waals surface area contributed by atoms with Crippen molar-refractivity contribution in [3.63, 3.8) is 0 Å². The second-order valence-electron chi connectivity index (χ2n) is 6.96. The molecule has 0 unspecified atom stereocenters. The number of H-pyrrole nitrogens is 1. The van der Waals surface area contributed by atoms with Gasteiger partial charge >= 0.3 is 5.69 Å². The smallest absolute Gasteiger partial charge is 0.330 e. The lowest BCUT2D eigenvalue weighted by molar-refractivity contribution is 0.723. The summed E-state index contributed by atoms with van der Waals surface area (Å²) >= 11 is 0. The highest BCUT2D eigenvalue weighted by molar-refractivity contribution is 5.87. The van der Waals surface area contributed by atoms with Crippen LogP contribution >= 0.6 is 0 Å². The molecule has 0 aliphatic carbocycles. The number of para-hydroxylation sites is 1. The van der Waals surface area contributed by atoms with Crippen LogP contribution in [-0.2, 0) is 13.1 Å². The van der Waals surface area contributed by atoms with Gasteiger partial charge in [-0.25, -0.2) is 14.8 Å². The van der Waals surface area contributed by atoms with E-state index in [0.29, 0.717) is 17.2 Å². The van der Waals surface area contributed by atoms with Gasteiger partial charge in [0, 0.05) is 12.4 Å². The molecule has 5 N–H and O–H groups in total. The Morgan fingerprint density at radius 3 is 2.47 bits per heavy atom. The Kier molecular flexibility index (Phi) is 4.93. The Balaban J connectivity index is 1.70. The fourth-order valence-electron chi connectivity index (χ4n) is 3.38. The Morgan fingerprint density at radius 1 is 1.00 bits per heavy atom. The van der Waals surface area contributed by atoms with E-state index in [0.717, 1.165) is 10.9 Å². The molecule has 0 atom stereocenters. The molecule has 0 amide bonds. The van der Waals surface area contributed by atoms with Gasteiger partial charge in [-0.1, -0.05) is 42.5 Å². The number of anilines is 3. The molecule has 4 rings (SSSR count). The highest BCUT2D eigenvalue weighted by Crippen LogP contribution is 2.20. The normalized spacial score (nSPS) is 11.0. The van der Waals surface area contributed by atoms with Crippen LogP contribution in [0.2, 0.25) is 0 Å². The van der Waals surface area contributed by atoms with E-state index in [1.165, 1.54) is 4.57 Å². The summed E-state index contributed by atoms with van der Waals surface area (Å²) < 4.78 is 1.33. The quantitative estimate of drug-likeness (QED) is 0.457. The van der Waals surface area contributed by atoms with E-state index in [1.54, 1.807) is 11.9 Å². The predicted octanol–water partition coefficient (Wildman–Crippen LogP) is 1.33. The zero-order chi connectivity index (χ0) is 21.3. The maximum Gasteiger partial charge on any atom is 0.330 e. The molecule has 0 fully saturated rings. The van der Waals surface area contributed by atoms with Crippen LogP contribution in [0.4, 0.5) is 17.3 Å². The number of aromatic nitrogens is 4. The molecule has 0 spiro atoms. The van der Waals surface area contributed by atoms with Crippen molar-refractivity contribution in [3.05, 3.63) is 86.8 Å². The van der Waals surface area contributed by atoms with Crippen molar-refractivity contribution in [1.29, 1.82) is 0 Å². The lowest BCUT2D eigenvalue weighted by Gasteiger charge is -2.21. The third kappa shape index (κ3) is 3.60. The van der Waals surface area contributed by atoms with E-state index in [-0.39, 0.29) is 24.6 Å². The number of benzene rings is 2. The summed E-state index contributed by atoms with van der Waals surface area (Å²) in [6.07, 6.45) is 0. The van der Waals surface area contributed by atoms with E-state index < -0.39 is 11.2 Å². The molecule has 9 heteroatoms. The first-order valence-electron chi connectivity index (χ1n) is 9.33. The average Bonchev–Trinajstić information content (AvgIpc) is 2.72. The molecule has 152 valence electrons. The minimum absolute atomic E-state index is 0.0730. The van der Waals surface area contributed by atoms with Crippen LogP contribution in [0.1, 0.15) is 11.4 Å². The maximum absolute atomic E-state index is 12.5. The fraction of sp³-hybridized carbons (Fsp3) is 0.143. The molecule has 0 bridgehead atoms. The molecule has 2 aromatic heterocycles. The zero-order valence-corrected chi connectivity index (χ0v) is 16.4. The third-order valence-corrected chi connectivity index (χ3v) is 4.84. The first-order valence-corrected chi connectivity index (χ1v) is 9.33. The van der Waals surface area contributed by atoms with Crippen LogP contribution in [0.25, 0.3) is 10.9 Å². The highest BCUT2D eigenvalue weighted by Gasteiger charge is 2.18. The number of rotatable bonds is 5. The van der Waals surface area contributed by atoms with Crippen LogP contribution in [0.15, 0.2) is 64.2 Å². The topological polar surface area (TPSA) is 136 Å². The summed E-state index contributed by atoms with van der Waals surface area (Å²) in [5, 5.41) is 0.762. The maximum atomic E-state index is 12.5. The van der Waals surface area contributed by atoms with Crippen molar-refractivity contribution < 1.29 is 0 Å². The van der Waals surface area contributed by atoms with Gasteiger partial charge in [-0.05, 0) is 17.7 Å². The van der Waals surface area contributed by atoms with Crippen molar-refractivity contribution in [2.45, 2.75) is 13.1 Å². The SMILES string of the molecule is CN(Cc1nc(N)c2ccccc2n1)c1c(N)n(Cc2ccccc2)c(=O)[nH]c1=O. The summed E-state index contributed by atoms with van der Waals surface area (Å²) in [7, 11) is 1.69. The van der Waals surface area contributed by atoms with E-state index in [1.807, 2.05) is 54.6 Å². The Hall–Kier alpha value is -4.14. The van der Waals surface area contributed by atoms with Crippen LogP contribution in [0, 0.1) is 0 Å². The monoisotopic (exact) mass is 403 g/mol. The molecule has 0 radical (unpaired) electrons. The third-order valence-electron chi connectivity index (χ3n) is 4.84. The van der Waals surface area contributed by atoms with E-state index in [9.17, 15) is 9.59 Å². The fourth-order valence-corrected chi connectivity index (χ4v) is 3.38. The Labute approximate surface area is 171 Å². The summed E-state index contributed by atoms with van der Waals surface area (Å²) in [5.41, 5.74) is 12.9. The molecule has 30 heavy (non-hydrogen) atoms. The van der Waals surface area contributed by atoms with Gasteiger partial charge in [-0.15, -0.1) is 0 Å². The summed E-state index contributed by atoms with van der Waals surface area (Å²) in [4.78, 5) is 37.7. The number of fused-ring (bicyclic) bond motifs is 1. The standard InChI is InChI=1S/C21H21N7O2/c1-27(12-16-24-15-10-6-5-9-14(15)18(22)25-16)17-19(23)28(21(30)26-20(17)29)11-13-7-3-2-4-8-13/h2-10H,11-12,23H2,1H3,(H2,22,24,25)(H,26,29,30). The van der Waals surface area contributed by atoms with Crippen molar-refractivity contribution >= 4 is 28.2 Å². The van der Waals surface area contributed by atoms with Crippen molar-refractivity contribution in [3.8, 4) is 0 Å². The van der Waals surface area contributed by atoms with Gasteiger partial charge in [-0.2, -0.15) is 0 Å². The van der Waals surface area contributed by atoms with Crippen LogP contribution in [-0.4, -0.2) is 26.6 Å². The first-order chi connectivity index (χ1) is 14.4. The molecule has 2 heterocycles. The van der Waals surface area contributed by atoms with Crippen molar-refractivity contribution in [2.75, 3.05) is 23.4 Å². The molecule has 0 aliphatic rings. The van der Waals surface area contributed by atoms with Gasteiger partial charge in [0.15, 0.2) is 5.82 Å². The van der Waals surface area contributed by atoms with Crippen LogP contribution in [0.3, 0.4) is 0 Å². The van der Waals surface area contributed by atoms with E-state index in [4.69, 9.17) is 11.5 Å². The van der Waals surface area contributed by atoms with E-state index in [2.05, 4.69) is 15.0 Å². The zero-order valence-electron chi connectivity index (χ0n) is 16.4. The second-order valence-corrected chi connectivity index (χ2v) is 6.96. The molecule has 0 aliphatic heterocycles. The minimum Gasteiger partial charge on any atom is -0.383 e. The summed E-state index contributed by atoms with van der Waals surface area (Å²) in [5.74, 6) is 0.872. The Bertz CT molecular complexity index is 1330. The largest absolute Gasteiger partial charge is 0.383 e. The predicted molar refractivity (Wildman–Crippen MR) is 117 cm³/mol. The number of nitrogens with one attached hydrogen (secondary N) is 1. The highest BCUT2D eigenvalue weighted by atomic mass is 16.2. The number of nitrogens with two attached hydrogens (primary N) is 2. The lowest BCUT2D eigenvalue weighted by atomic mass is 10.2. The van der Waals surface area contributed by atoms with Crippen molar-refractivity contribution in [2.24, 2.45) is 0 Å². The first kappa shape index (κ1) is 19.2. The molecule has 4 aromatic rings. The van der Waals surface area contributed by atoms with Gasteiger partial charge < -0.3 is 16.4 Å². The number of hydrogen-bond donors (Lipinski definition) is 3. The summed E-state index contributed by atoms with van der Waals surface area (Å²) in [6.45, 7) is 0.425. The molecule has 0 saturated heterocycles. The minimum atomic E-state index is -0.571. The Morgan fingerprint density at radius 2 is 1.70 bits per heavy atom. The summed E-state index contributed by atoms with van der Waals surface area (Å²) in [6, 6.07) is 16.8. The van der Waals surface area contributed by atoms with Gasteiger partial charge in [0.25, 0.3) is 5.56 Å². The van der Waals surface area contributed by atoms with E-state index >= 15 is 0 Å². The average molecular weight is 403 g/mol. The van der Waals surface area contributed by atoms with Crippen molar-refractivity contribution in [1.82, 2.24) is 19.5 Å². The molecule has 2 aromatic carbocycles. The molecular formula is C21H21N7O2.